The van der Waals surface area contributed by atoms with Gasteiger partial charge in [-0.05, 0) is 0 Å². The molecule has 0 spiro atoms. The highest BCUT2D eigenvalue weighted by atomic mass is 35.5. The Bertz CT molecular complexity index is 822. The van der Waals surface area contributed by atoms with Crippen molar-refractivity contribution in [3.05, 3.63) is 29.8 Å². The molecule has 3 aromatic rings. The van der Waals surface area contributed by atoms with E-state index in [9.17, 15) is 0 Å². The number of aryl methyl sites for hydroxylation is 1. The van der Waals surface area contributed by atoms with Gasteiger partial charge in [0, 0.05) is 31.4 Å². The quantitative estimate of drug-likeness (QED) is 0.738. The van der Waals surface area contributed by atoms with Gasteiger partial charge in [0.2, 0.25) is 5.88 Å². The fourth-order valence-corrected chi connectivity index (χ4v) is 2.65. The second-order valence-corrected chi connectivity index (χ2v) is 5.63. The highest BCUT2D eigenvalue weighted by Gasteiger charge is 2.22. The maximum atomic E-state index is 6.12. The average molecular weight is 320 g/mol. The zero-order chi connectivity index (χ0) is 15.1. The zero-order valence-electron chi connectivity index (χ0n) is 11.9. The Hall–Kier alpha value is -2.12. The van der Waals surface area contributed by atoms with Crippen molar-refractivity contribution in [2.45, 2.75) is 12.5 Å². The van der Waals surface area contributed by atoms with Gasteiger partial charge in [-0.2, -0.15) is 15.2 Å². The molecule has 22 heavy (non-hydrogen) atoms. The lowest BCUT2D eigenvalue weighted by Gasteiger charge is -2.14. The van der Waals surface area contributed by atoms with Crippen LogP contribution in [0.25, 0.3) is 16.8 Å². The van der Waals surface area contributed by atoms with Crippen LogP contribution in [0.2, 0.25) is 5.02 Å². The van der Waals surface area contributed by atoms with Crippen molar-refractivity contribution in [2.75, 3.05) is 13.2 Å². The third-order valence-electron chi connectivity index (χ3n) is 3.60. The van der Waals surface area contributed by atoms with Crippen LogP contribution in [0.5, 0.6) is 5.88 Å². The van der Waals surface area contributed by atoms with E-state index in [2.05, 4.69) is 15.2 Å². The predicted molar refractivity (Wildman–Crippen MR) is 80.1 cm³/mol. The fraction of sp³-hybridized carbons (Fsp3) is 0.357. The number of rotatable bonds is 3. The molecule has 0 saturated carbocycles. The third-order valence-corrected chi connectivity index (χ3v) is 3.86. The van der Waals surface area contributed by atoms with Crippen molar-refractivity contribution in [3.63, 3.8) is 0 Å². The SMILES string of the molecule is Cn1cc(-c2cn3ncc(Cl)c3nc2O[C@H]2CCOC2)cn1. The second kappa shape index (κ2) is 5.26. The van der Waals surface area contributed by atoms with Gasteiger partial charge in [0.25, 0.3) is 0 Å². The van der Waals surface area contributed by atoms with E-state index in [0.717, 1.165) is 17.5 Å². The van der Waals surface area contributed by atoms with Gasteiger partial charge >= 0.3 is 0 Å². The maximum absolute atomic E-state index is 6.12. The van der Waals surface area contributed by atoms with E-state index in [1.807, 2.05) is 19.4 Å². The molecule has 1 saturated heterocycles. The lowest BCUT2D eigenvalue weighted by Crippen LogP contribution is -2.17. The van der Waals surface area contributed by atoms with Gasteiger partial charge in [0.05, 0.1) is 31.2 Å². The number of nitrogens with zero attached hydrogens (tertiary/aromatic N) is 5. The molecule has 1 aliphatic rings. The molecule has 4 rings (SSSR count). The summed E-state index contributed by atoms with van der Waals surface area (Å²) >= 11 is 6.12. The Labute approximate surface area is 131 Å². The molecule has 0 radical (unpaired) electrons. The van der Waals surface area contributed by atoms with E-state index >= 15 is 0 Å². The van der Waals surface area contributed by atoms with Crippen LogP contribution in [0.3, 0.4) is 0 Å². The molecule has 1 atom stereocenters. The van der Waals surface area contributed by atoms with Gasteiger partial charge < -0.3 is 9.47 Å². The molecular weight excluding hydrogens is 306 g/mol. The minimum absolute atomic E-state index is 0.00654. The van der Waals surface area contributed by atoms with Crippen LogP contribution in [0.1, 0.15) is 6.42 Å². The Kier molecular flexibility index (Phi) is 3.24. The second-order valence-electron chi connectivity index (χ2n) is 5.23. The minimum atomic E-state index is 0.00654. The van der Waals surface area contributed by atoms with Gasteiger partial charge in [0.1, 0.15) is 11.1 Å². The van der Waals surface area contributed by atoms with Crippen molar-refractivity contribution in [1.82, 2.24) is 24.4 Å². The molecule has 114 valence electrons. The van der Waals surface area contributed by atoms with Crippen LogP contribution in [-0.4, -0.2) is 43.7 Å². The molecule has 8 heteroatoms. The van der Waals surface area contributed by atoms with Crippen LogP contribution < -0.4 is 4.74 Å². The van der Waals surface area contributed by atoms with E-state index in [1.165, 1.54) is 0 Å². The Balaban J connectivity index is 1.83. The summed E-state index contributed by atoms with van der Waals surface area (Å²) in [4.78, 5) is 4.54. The molecular formula is C14H14ClN5O2. The number of aromatic nitrogens is 5. The first-order valence-electron chi connectivity index (χ1n) is 6.98. The molecule has 0 aromatic carbocycles. The van der Waals surface area contributed by atoms with Crippen LogP contribution in [0.4, 0.5) is 0 Å². The topological polar surface area (TPSA) is 66.5 Å². The van der Waals surface area contributed by atoms with Gasteiger partial charge in [-0.3, -0.25) is 4.68 Å². The first-order chi connectivity index (χ1) is 10.7. The summed E-state index contributed by atoms with van der Waals surface area (Å²) in [5.74, 6) is 0.526. The maximum Gasteiger partial charge on any atom is 0.225 e. The summed E-state index contributed by atoms with van der Waals surface area (Å²) in [5.41, 5.74) is 2.31. The van der Waals surface area contributed by atoms with E-state index in [4.69, 9.17) is 21.1 Å². The number of fused-ring (bicyclic) bond motifs is 1. The highest BCUT2D eigenvalue weighted by Crippen LogP contribution is 2.31. The Morgan fingerprint density at radius 2 is 2.23 bits per heavy atom. The molecule has 0 N–H and O–H groups in total. The normalized spacial score (nSPS) is 18.2. The molecule has 0 aliphatic carbocycles. The van der Waals surface area contributed by atoms with E-state index < -0.39 is 0 Å². The van der Waals surface area contributed by atoms with E-state index in [0.29, 0.717) is 29.8 Å². The largest absolute Gasteiger partial charge is 0.471 e. The third kappa shape index (κ3) is 2.32. The van der Waals surface area contributed by atoms with Crippen LogP contribution in [-0.2, 0) is 11.8 Å². The number of halogens is 1. The molecule has 1 fully saturated rings. The van der Waals surface area contributed by atoms with Gasteiger partial charge in [-0.15, -0.1) is 0 Å². The molecule has 1 aliphatic heterocycles. The standard InChI is InChI=1S/C14H14ClN5O2/c1-19-6-9(4-16-19)11-7-20-13(12(15)5-17-20)18-14(11)22-10-2-3-21-8-10/h4-7,10H,2-3,8H2,1H3/t10-/m0/s1. The monoisotopic (exact) mass is 319 g/mol. The Morgan fingerprint density at radius 1 is 1.32 bits per heavy atom. The summed E-state index contributed by atoms with van der Waals surface area (Å²) in [5, 5.41) is 8.89. The fourth-order valence-electron chi connectivity index (χ4n) is 2.48. The van der Waals surface area contributed by atoms with Crippen molar-refractivity contribution in [3.8, 4) is 17.0 Å². The smallest absolute Gasteiger partial charge is 0.225 e. The van der Waals surface area contributed by atoms with Gasteiger partial charge in [-0.25, -0.2) is 4.52 Å². The first kappa shape index (κ1) is 13.5. The Morgan fingerprint density at radius 3 is 2.95 bits per heavy atom. The first-order valence-corrected chi connectivity index (χ1v) is 7.36. The predicted octanol–water partition coefficient (Wildman–Crippen LogP) is 1.95. The molecule has 4 heterocycles. The lowest BCUT2D eigenvalue weighted by atomic mass is 10.2. The summed E-state index contributed by atoms with van der Waals surface area (Å²) in [6, 6.07) is 0. The molecule has 0 bridgehead atoms. The average Bonchev–Trinajstić information content (AvgIpc) is 3.22. The summed E-state index contributed by atoms with van der Waals surface area (Å²) in [7, 11) is 1.87. The van der Waals surface area contributed by atoms with Crippen molar-refractivity contribution < 1.29 is 9.47 Å². The van der Waals surface area contributed by atoms with E-state index in [-0.39, 0.29) is 6.10 Å². The van der Waals surface area contributed by atoms with Gasteiger partial charge in [-0.1, -0.05) is 11.6 Å². The van der Waals surface area contributed by atoms with Crippen molar-refractivity contribution in [1.29, 1.82) is 0 Å². The van der Waals surface area contributed by atoms with Crippen molar-refractivity contribution >= 4 is 17.2 Å². The number of ether oxygens (including phenoxy) is 2. The minimum Gasteiger partial charge on any atom is -0.471 e. The molecule has 0 amide bonds. The number of hydrogen-bond donors (Lipinski definition) is 0. The van der Waals surface area contributed by atoms with Crippen LogP contribution >= 0.6 is 11.6 Å². The van der Waals surface area contributed by atoms with Gasteiger partial charge in [0.15, 0.2) is 5.65 Å². The molecule has 0 unspecified atom stereocenters. The molecule has 7 nitrogen and oxygen atoms in total. The van der Waals surface area contributed by atoms with E-state index in [1.54, 1.807) is 21.6 Å². The highest BCUT2D eigenvalue weighted by molar-refractivity contribution is 6.33. The van der Waals surface area contributed by atoms with Crippen LogP contribution in [0.15, 0.2) is 24.8 Å². The lowest BCUT2D eigenvalue weighted by molar-refractivity contribution is 0.138. The summed E-state index contributed by atoms with van der Waals surface area (Å²) in [6.07, 6.45) is 7.96. The van der Waals surface area contributed by atoms with Crippen LogP contribution in [0, 0.1) is 0 Å². The molecule has 3 aromatic heterocycles. The summed E-state index contributed by atoms with van der Waals surface area (Å²) < 4.78 is 14.8. The zero-order valence-corrected chi connectivity index (χ0v) is 12.7. The number of hydrogen-bond acceptors (Lipinski definition) is 5. The summed E-state index contributed by atoms with van der Waals surface area (Å²) in [6.45, 7) is 1.29. The van der Waals surface area contributed by atoms with Crippen molar-refractivity contribution in [2.24, 2.45) is 7.05 Å².